The molecule has 1 unspecified atom stereocenters. The van der Waals surface area contributed by atoms with Gasteiger partial charge in [-0.25, -0.2) is 4.79 Å². The number of unbranched alkanes of at least 4 members (excludes halogenated alkanes) is 1. The highest BCUT2D eigenvalue weighted by Gasteiger charge is 2.18. The van der Waals surface area contributed by atoms with Crippen molar-refractivity contribution in [2.45, 2.75) is 32.2 Å². The fourth-order valence-corrected chi connectivity index (χ4v) is 1.92. The summed E-state index contributed by atoms with van der Waals surface area (Å²) < 4.78 is 0. The number of aliphatic carboxylic acids is 1. The lowest BCUT2D eigenvalue weighted by molar-refractivity contribution is -0.138. The van der Waals surface area contributed by atoms with Crippen LogP contribution < -0.4 is 5.73 Å². The molecule has 1 aromatic rings. The molecule has 5 N–H and O–H groups in total. The highest BCUT2D eigenvalue weighted by atomic mass is 16.4. The average molecular weight is 280 g/mol. The third-order valence-corrected chi connectivity index (χ3v) is 2.95. The lowest BCUT2D eigenvalue weighted by Gasteiger charge is -2.11. The van der Waals surface area contributed by atoms with Crippen LogP contribution in [-0.2, 0) is 4.79 Å². The minimum atomic E-state index is -1.03. The van der Waals surface area contributed by atoms with Crippen LogP contribution in [0, 0.1) is 0 Å². The monoisotopic (exact) mass is 280 g/mol. The summed E-state index contributed by atoms with van der Waals surface area (Å²) >= 11 is 0. The van der Waals surface area contributed by atoms with E-state index in [0.29, 0.717) is 25.1 Å². The van der Waals surface area contributed by atoms with Gasteiger partial charge in [-0.2, -0.15) is 0 Å². The van der Waals surface area contributed by atoms with Gasteiger partial charge in [-0.3, -0.25) is 4.99 Å². The normalized spacial score (nSPS) is 13.2. The van der Waals surface area contributed by atoms with Gasteiger partial charge in [0, 0.05) is 5.71 Å². The quantitative estimate of drug-likeness (QED) is 0.446. The van der Waals surface area contributed by atoms with Gasteiger partial charge in [0.15, 0.2) is 0 Å². The van der Waals surface area contributed by atoms with Gasteiger partial charge in [0.1, 0.15) is 17.5 Å². The number of phenols is 2. The summed E-state index contributed by atoms with van der Waals surface area (Å²) in [4.78, 5) is 15.3. The third-order valence-electron chi connectivity index (χ3n) is 2.95. The maximum Gasteiger partial charge on any atom is 0.328 e. The highest BCUT2D eigenvalue weighted by molar-refractivity contribution is 6.04. The molecule has 0 aliphatic carbocycles. The van der Waals surface area contributed by atoms with Gasteiger partial charge in [0.05, 0.1) is 5.56 Å². The van der Waals surface area contributed by atoms with Gasteiger partial charge in [-0.1, -0.05) is 6.07 Å². The van der Waals surface area contributed by atoms with E-state index in [1.807, 2.05) is 0 Å². The van der Waals surface area contributed by atoms with Crippen LogP contribution in [0.25, 0.3) is 0 Å². The second-order valence-corrected chi connectivity index (χ2v) is 4.52. The van der Waals surface area contributed by atoms with Crippen LogP contribution >= 0.6 is 0 Å². The first-order valence-corrected chi connectivity index (χ1v) is 6.46. The first kappa shape index (κ1) is 16.0. The number of aromatic hydroxyl groups is 2. The first-order valence-electron chi connectivity index (χ1n) is 6.46. The van der Waals surface area contributed by atoms with E-state index in [9.17, 15) is 15.0 Å². The zero-order valence-electron chi connectivity index (χ0n) is 11.4. The average Bonchev–Trinajstić information content (AvgIpc) is 2.37. The zero-order valence-corrected chi connectivity index (χ0v) is 11.4. The van der Waals surface area contributed by atoms with Gasteiger partial charge in [0.25, 0.3) is 0 Å². The lowest BCUT2D eigenvalue weighted by Crippen LogP contribution is -2.20. The molecular formula is C14H20N2O4. The van der Waals surface area contributed by atoms with E-state index >= 15 is 0 Å². The van der Waals surface area contributed by atoms with Crippen LogP contribution in [0.5, 0.6) is 11.5 Å². The van der Waals surface area contributed by atoms with E-state index in [1.54, 1.807) is 6.92 Å². The maximum absolute atomic E-state index is 11.2. The third kappa shape index (κ3) is 4.24. The summed E-state index contributed by atoms with van der Waals surface area (Å²) in [6.45, 7) is 2.07. The van der Waals surface area contributed by atoms with Crippen LogP contribution in [-0.4, -0.2) is 39.6 Å². The molecule has 0 saturated carbocycles. The minimum Gasteiger partial charge on any atom is -0.507 e. The number of rotatable bonds is 7. The molecule has 1 atom stereocenters. The second kappa shape index (κ2) is 7.49. The number of carboxylic acid groups (broad SMARTS) is 1. The standard InChI is InChI=1S/C14H20N2O4/c1-9(13-11(17)6-4-7-12(13)18)16-10(14(19)20)5-2-3-8-15/h4,6-7,10,17-18H,2-3,5,8,15H2,1H3,(H,19,20)/b16-9+. The molecule has 0 aliphatic heterocycles. The Morgan fingerprint density at radius 3 is 2.40 bits per heavy atom. The molecule has 0 heterocycles. The zero-order chi connectivity index (χ0) is 15.1. The van der Waals surface area contributed by atoms with Crippen LogP contribution in [0.2, 0.25) is 0 Å². The number of carboxylic acids is 1. The maximum atomic E-state index is 11.2. The highest BCUT2D eigenvalue weighted by Crippen LogP contribution is 2.27. The van der Waals surface area contributed by atoms with E-state index < -0.39 is 12.0 Å². The number of nitrogens with zero attached hydrogens (tertiary/aromatic N) is 1. The summed E-state index contributed by atoms with van der Waals surface area (Å²) in [7, 11) is 0. The van der Waals surface area contributed by atoms with Gasteiger partial charge in [0.2, 0.25) is 0 Å². The first-order chi connectivity index (χ1) is 9.47. The number of aliphatic imine (C=N–C) groups is 1. The molecule has 6 heteroatoms. The predicted molar refractivity (Wildman–Crippen MR) is 76.3 cm³/mol. The Hall–Kier alpha value is -2.08. The fourth-order valence-electron chi connectivity index (χ4n) is 1.92. The Morgan fingerprint density at radius 1 is 1.30 bits per heavy atom. The number of benzene rings is 1. The smallest absolute Gasteiger partial charge is 0.328 e. The SMILES string of the molecule is C/C(=N\C(CCCCN)C(=O)O)c1c(O)cccc1O. The van der Waals surface area contributed by atoms with E-state index in [2.05, 4.69) is 4.99 Å². The van der Waals surface area contributed by atoms with Crippen molar-refractivity contribution in [2.75, 3.05) is 6.54 Å². The van der Waals surface area contributed by atoms with Gasteiger partial charge in [-0.15, -0.1) is 0 Å². The predicted octanol–water partition coefficient (Wildman–Crippen LogP) is 1.49. The van der Waals surface area contributed by atoms with Crippen molar-refractivity contribution in [1.29, 1.82) is 0 Å². The molecule has 0 aliphatic rings. The van der Waals surface area contributed by atoms with Crippen LogP contribution in [0.4, 0.5) is 0 Å². The Balaban J connectivity index is 2.96. The molecule has 0 bridgehead atoms. The molecule has 6 nitrogen and oxygen atoms in total. The van der Waals surface area contributed by atoms with Crippen molar-refractivity contribution in [3.63, 3.8) is 0 Å². The topological polar surface area (TPSA) is 116 Å². The Bertz CT molecular complexity index is 480. The van der Waals surface area contributed by atoms with E-state index in [4.69, 9.17) is 10.8 Å². The van der Waals surface area contributed by atoms with Crippen molar-refractivity contribution in [3.8, 4) is 11.5 Å². The molecule has 0 saturated heterocycles. The molecular weight excluding hydrogens is 260 g/mol. The number of hydrogen-bond acceptors (Lipinski definition) is 5. The van der Waals surface area contributed by atoms with Crippen LogP contribution in [0.3, 0.4) is 0 Å². The van der Waals surface area contributed by atoms with E-state index in [0.717, 1.165) is 6.42 Å². The van der Waals surface area contributed by atoms with Crippen molar-refractivity contribution in [1.82, 2.24) is 0 Å². The molecule has 110 valence electrons. The number of phenolic OH excluding ortho intramolecular Hbond substituents is 2. The van der Waals surface area contributed by atoms with E-state index in [1.165, 1.54) is 18.2 Å². The number of hydrogen-bond donors (Lipinski definition) is 4. The number of nitrogens with two attached hydrogens (primary N) is 1. The summed E-state index contributed by atoms with van der Waals surface area (Å²) in [6.07, 6.45) is 1.77. The molecule has 0 spiro atoms. The number of carbonyl (C=O) groups is 1. The molecule has 0 fully saturated rings. The summed E-state index contributed by atoms with van der Waals surface area (Å²) in [6, 6.07) is 3.43. The Labute approximate surface area is 117 Å². The van der Waals surface area contributed by atoms with Crippen molar-refractivity contribution >= 4 is 11.7 Å². The van der Waals surface area contributed by atoms with E-state index in [-0.39, 0.29) is 17.1 Å². The Morgan fingerprint density at radius 2 is 1.90 bits per heavy atom. The lowest BCUT2D eigenvalue weighted by atomic mass is 10.1. The molecule has 0 amide bonds. The van der Waals surface area contributed by atoms with Crippen LogP contribution in [0.1, 0.15) is 31.7 Å². The van der Waals surface area contributed by atoms with Gasteiger partial charge >= 0.3 is 5.97 Å². The summed E-state index contributed by atoms with van der Waals surface area (Å²) in [5.41, 5.74) is 5.83. The van der Waals surface area contributed by atoms with Crippen molar-refractivity contribution in [3.05, 3.63) is 23.8 Å². The molecule has 20 heavy (non-hydrogen) atoms. The summed E-state index contributed by atoms with van der Waals surface area (Å²) in [5, 5.41) is 28.6. The minimum absolute atomic E-state index is 0.127. The Kier molecular flexibility index (Phi) is 5.99. The molecule has 1 aromatic carbocycles. The summed E-state index contributed by atoms with van der Waals surface area (Å²) in [5.74, 6) is -1.29. The molecule has 0 aromatic heterocycles. The second-order valence-electron chi connectivity index (χ2n) is 4.52. The largest absolute Gasteiger partial charge is 0.507 e. The fraction of sp³-hybridized carbons (Fsp3) is 0.429. The van der Waals surface area contributed by atoms with Gasteiger partial charge in [-0.05, 0) is 44.9 Å². The molecule has 0 radical (unpaired) electrons. The van der Waals surface area contributed by atoms with Crippen molar-refractivity contribution in [2.24, 2.45) is 10.7 Å². The van der Waals surface area contributed by atoms with Crippen LogP contribution in [0.15, 0.2) is 23.2 Å². The van der Waals surface area contributed by atoms with Crippen molar-refractivity contribution < 1.29 is 20.1 Å². The van der Waals surface area contributed by atoms with Gasteiger partial charge < -0.3 is 21.1 Å². The molecule has 1 rings (SSSR count).